The zero-order valence-electron chi connectivity index (χ0n) is 15.6. The number of rotatable bonds is 4. The van der Waals surface area contributed by atoms with Crippen molar-refractivity contribution in [2.75, 3.05) is 6.61 Å². The molecule has 1 aliphatic heterocycles. The fourth-order valence-electron chi connectivity index (χ4n) is 3.36. The monoisotopic (exact) mass is 468 g/mol. The zero-order valence-corrected chi connectivity index (χ0v) is 16.4. The molecule has 1 aliphatic rings. The topological polar surface area (TPSA) is 90.2 Å². The first-order valence-electron chi connectivity index (χ1n) is 9.04. The van der Waals surface area contributed by atoms with Crippen molar-refractivity contribution in [2.24, 2.45) is 0 Å². The molecule has 1 heterocycles. The summed E-state index contributed by atoms with van der Waals surface area (Å²) in [4.78, 5) is 0. The molecule has 5 nitrogen and oxygen atoms in total. The van der Waals surface area contributed by atoms with Crippen LogP contribution >= 0.6 is 11.6 Å². The smallest absolute Gasteiger partial charge is 0.394 e. The minimum Gasteiger partial charge on any atom is -0.394 e. The van der Waals surface area contributed by atoms with Gasteiger partial charge >= 0.3 is 6.18 Å². The van der Waals surface area contributed by atoms with E-state index in [1.54, 1.807) is 0 Å². The van der Waals surface area contributed by atoms with Gasteiger partial charge in [-0.25, -0.2) is 0 Å². The van der Waals surface area contributed by atoms with Gasteiger partial charge in [-0.1, -0.05) is 29.8 Å². The predicted octanol–water partition coefficient (Wildman–Crippen LogP) is 3.01. The Hall–Kier alpha value is -1.82. The van der Waals surface area contributed by atoms with Crippen molar-refractivity contribution in [3.05, 3.63) is 69.7 Å². The number of hydrogen-bond acceptors (Lipinski definition) is 5. The third-order valence-electron chi connectivity index (χ3n) is 5.12. The molecule has 0 spiro atoms. The maximum Gasteiger partial charge on any atom is 0.416 e. The van der Waals surface area contributed by atoms with Crippen molar-refractivity contribution >= 4 is 11.6 Å². The molecular weight excluding hydrogens is 451 g/mol. The van der Waals surface area contributed by atoms with Crippen LogP contribution in [0.1, 0.15) is 28.4 Å². The highest BCUT2D eigenvalue weighted by Crippen LogP contribution is 2.43. The molecule has 2 aromatic carbocycles. The van der Waals surface area contributed by atoms with Crippen LogP contribution < -0.4 is 0 Å². The number of hydrogen-bond donors (Lipinski definition) is 4. The molecule has 0 aromatic heterocycles. The van der Waals surface area contributed by atoms with E-state index in [0.29, 0.717) is 24.3 Å². The Balaban J connectivity index is 1.98. The standard InChI is InChI=1S/C20H18ClF5O5/c21-13-6-1-9(18-17(30)16(29)15(28)14(8-27)31-18)7-12(13)19(22,23)10-2-4-11(5-3-10)20(24,25)26/h1-7,14-18,27-30H,8H2/t14-,15-,16+,17-,18+/m1/s1. The second-order valence-electron chi connectivity index (χ2n) is 7.14. The molecule has 3 rings (SSSR count). The SMILES string of the molecule is OC[C@H]1O[C@@H](c2ccc(Cl)c(C(F)(F)c3ccc(C(F)(F)F)cc3)c2)[C@H](O)[C@@H](O)[C@@H]1O. The van der Waals surface area contributed by atoms with Crippen LogP contribution in [-0.4, -0.2) is 51.4 Å². The third-order valence-corrected chi connectivity index (χ3v) is 5.45. The summed E-state index contributed by atoms with van der Waals surface area (Å²) in [6.45, 7) is -0.705. The molecule has 0 bridgehead atoms. The second-order valence-corrected chi connectivity index (χ2v) is 7.55. The van der Waals surface area contributed by atoms with E-state index in [-0.39, 0.29) is 5.56 Å². The molecule has 0 radical (unpaired) electrons. The van der Waals surface area contributed by atoms with E-state index in [2.05, 4.69) is 0 Å². The minimum atomic E-state index is -4.69. The van der Waals surface area contributed by atoms with Gasteiger partial charge in [0.2, 0.25) is 0 Å². The van der Waals surface area contributed by atoms with Gasteiger partial charge in [-0.3, -0.25) is 0 Å². The normalized spacial score (nSPS) is 27.4. The molecule has 31 heavy (non-hydrogen) atoms. The van der Waals surface area contributed by atoms with Crippen LogP contribution in [0.4, 0.5) is 22.0 Å². The van der Waals surface area contributed by atoms with Crippen LogP contribution in [0.5, 0.6) is 0 Å². The molecule has 1 fully saturated rings. The number of ether oxygens (including phenoxy) is 1. The van der Waals surface area contributed by atoms with E-state index >= 15 is 8.78 Å². The van der Waals surface area contributed by atoms with Gasteiger partial charge in [0.05, 0.1) is 17.2 Å². The van der Waals surface area contributed by atoms with Crippen molar-refractivity contribution < 1.29 is 47.1 Å². The molecular formula is C20H18ClF5O5. The van der Waals surface area contributed by atoms with Crippen molar-refractivity contribution in [3.63, 3.8) is 0 Å². The van der Waals surface area contributed by atoms with Crippen molar-refractivity contribution in [2.45, 2.75) is 42.6 Å². The van der Waals surface area contributed by atoms with E-state index in [1.165, 1.54) is 6.07 Å². The number of aliphatic hydroxyl groups excluding tert-OH is 4. The van der Waals surface area contributed by atoms with Crippen LogP contribution in [0.15, 0.2) is 42.5 Å². The molecule has 4 N–H and O–H groups in total. The Morgan fingerprint density at radius 1 is 0.839 bits per heavy atom. The summed E-state index contributed by atoms with van der Waals surface area (Å²) in [5.41, 5.74) is -2.63. The Labute approximate surface area is 178 Å². The highest BCUT2D eigenvalue weighted by molar-refractivity contribution is 6.31. The van der Waals surface area contributed by atoms with Crippen LogP contribution in [0.25, 0.3) is 0 Å². The highest BCUT2D eigenvalue weighted by Gasteiger charge is 2.45. The van der Waals surface area contributed by atoms with Gasteiger partial charge in [0, 0.05) is 11.1 Å². The summed E-state index contributed by atoms with van der Waals surface area (Å²) < 4.78 is 73.7. The summed E-state index contributed by atoms with van der Waals surface area (Å²) in [5.74, 6) is -3.80. The average Bonchev–Trinajstić information content (AvgIpc) is 2.72. The van der Waals surface area contributed by atoms with Gasteiger partial charge < -0.3 is 25.2 Å². The first kappa shape index (κ1) is 23.8. The average molecular weight is 469 g/mol. The van der Waals surface area contributed by atoms with Gasteiger partial charge in [0.25, 0.3) is 5.92 Å². The lowest BCUT2D eigenvalue weighted by molar-refractivity contribution is -0.231. The van der Waals surface area contributed by atoms with E-state index in [9.17, 15) is 33.6 Å². The first-order chi connectivity index (χ1) is 14.4. The van der Waals surface area contributed by atoms with Crippen LogP contribution in [0, 0.1) is 0 Å². The van der Waals surface area contributed by atoms with Gasteiger partial charge in [-0.2, -0.15) is 22.0 Å². The summed E-state index contributed by atoms with van der Waals surface area (Å²) in [6.07, 6.45) is -12.4. The molecule has 1 saturated heterocycles. The number of aliphatic hydroxyl groups is 4. The molecule has 0 unspecified atom stereocenters. The fourth-order valence-corrected chi connectivity index (χ4v) is 3.60. The Bertz CT molecular complexity index is 919. The lowest BCUT2D eigenvalue weighted by Crippen LogP contribution is -2.55. The summed E-state index contributed by atoms with van der Waals surface area (Å²) in [5, 5.41) is 38.9. The van der Waals surface area contributed by atoms with E-state index in [4.69, 9.17) is 16.3 Å². The largest absolute Gasteiger partial charge is 0.416 e. The molecule has 5 atom stereocenters. The molecule has 11 heteroatoms. The lowest BCUT2D eigenvalue weighted by atomic mass is 9.89. The maximum atomic E-state index is 15.1. The molecule has 170 valence electrons. The zero-order chi connectivity index (χ0) is 23.1. The summed E-state index contributed by atoms with van der Waals surface area (Å²) in [6, 6.07) is 5.57. The van der Waals surface area contributed by atoms with E-state index < -0.39 is 70.9 Å². The molecule has 0 saturated carbocycles. The predicted molar refractivity (Wildman–Crippen MR) is 98.6 cm³/mol. The summed E-state index contributed by atoms with van der Waals surface area (Å²) in [7, 11) is 0. The van der Waals surface area contributed by atoms with Crippen LogP contribution in [0.3, 0.4) is 0 Å². The third kappa shape index (κ3) is 4.55. The lowest BCUT2D eigenvalue weighted by Gasteiger charge is -2.40. The highest BCUT2D eigenvalue weighted by atomic mass is 35.5. The number of halogens is 6. The fraction of sp³-hybridized carbons (Fsp3) is 0.400. The molecule has 2 aromatic rings. The Morgan fingerprint density at radius 2 is 1.42 bits per heavy atom. The van der Waals surface area contributed by atoms with Gasteiger partial charge in [-0.15, -0.1) is 0 Å². The van der Waals surface area contributed by atoms with Crippen molar-refractivity contribution in [1.82, 2.24) is 0 Å². The van der Waals surface area contributed by atoms with Gasteiger partial charge in [-0.05, 0) is 29.8 Å². The molecule has 0 aliphatic carbocycles. The quantitative estimate of drug-likeness (QED) is 0.518. The Morgan fingerprint density at radius 3 is 1.97 bits per heavy atom. The number of benzene rings is 2. The van der Waals surface area contributed by atoms with Crippen LogP contribution in [-0.2, 0) is 16.8 Å². The second kappa shape index (κ2) is 8.61. The van der Waals surface area contributed by atoms with E-state index in [1.807, 2.05) is 0 Å². The Kier molecular flexibility index (Phi) is 6.62. The minimum absolute atomic E-state index is 0.0390. The van der Waals surface area contributed by atoms with Gasteiger partial charge in [0.15, 0.2) is 0 Å². The number of alkyl halides is 5. The van der Waals surface area contributed by atoms with Crippen molar-refractivity contribution in [1.29, 1.82) is 0 Å². The molecule has 0 amide bonds. The maximum absolute atomic E-state index is 15.1. The summed E-state index contributed by atoms with van der Waals surface area (Å²) >= 11 is 5.92. The van der Waals surface area contributed by atoms with Gasteiger partial charge in [0.1, 0.15) is 30.5 Å². The van der Waals surface area contributed by atoms with Crippen molar-refractivity contribution in [3.8, 4) is 0 Å². The first-order valence-corrected chi connectivity index (χ1v) is 9.41. The van der Waals surface area contributed by atoms with E-state index in [0.717, 1.165) is 12.1 Å². The van der Waals surface area contributed by atoms with Crippen LogP contribution in [0.2, 0.25) is 5.02 Å².